The molecule has 0 aliphatic heterocycles. The highest BCUT2D eigenvalue weighted by molar-refractivity contribution is 7.99. The van der Waals surface area contributed by atoms with Crippen LogP contribution in [0, 0.1) is 0 Å². The molecule has 0 bridgehead atoms. The molecule has 138 valence electrons. The normalized spacial score (nSPS) is 10.6. The number of rotatable bonds is 9. The summed E-state index contributed by atoms with van der Waals surface area (Å²) in [5.74, 6) is 2.89. The zero-order valence-corrected chi connectivity index (χ0v) is 15.8. The van der Waals surface area contributed by atoms with Gasteiger partial charge in [0, 0.05) is 11.3 Å². The van der Waals surface area contributed by atoms with Gasteiger partial charge in [0.1, 0.15) is 5.75 Å². The number of hydrazone groups is 1. The number of carbonyl (C=O) groups is 1. The number of benzene rings is 2. The number of thioether (sulfide) groups is 1. The molecular formula is C19H22N2O4S. The van der Waals surface area contributed by atoms with E-state index in [1.54, 1.807) is 27.4 Å². The first-order valence-electron chi connectivity index (χ1n) is 7.91. The number of para-hydroxylation sites is 1. The van der Waals surface area contributed by atoms with Gasteiger partial charge >= 0.3 is 0 Å². The van der Waals surface area contributed by atoms with E-state index in [1.165, 1.54) is 18.0 Å². The maximum absolute atomic E-state index is 11.9. The van der Waals surface area contributed by atoms with E-state index in [-0.39, 0.29) is 5.91 Å². The summed E-state index contributed by atoms with van der Waals surface area (Å²) in [6, 6.07) is 13.2. The molecule has 0 unspecified atom stereocenters. The molecule has 0 aromatic heterocycles. The number of nitrogens with one attached hydrogen (secondary N) is 1. The summed E-state index contributed by atoms with van der Waals surface area (Å²) in [6.45, 7) is 0. The average Bonchev–Trinajstić information content (AvgIpc) is 2.68. The molecule has 0 saturated carbocycles. The Balaban J connectivity index is 1.80. The smallest absolute Gasteiger partial charge is 0.250 e. The van der Waals surface area contributed by atoms with Crippen LogP contribution in [0.25, 0.3) is 0 Å². The fourth-order valence-corrected chi connectivity index (χ4v) is 2.98. The lowest BCUT2D eigenvalue weighted by Gasteiger charge is -2.09. The fraction of sp³-hybridized carbons (Fsp3) is 0.263. The molecular weight excluding hydrogens is 352 g/mol. The summed E-state index contributed by atoms with van der Waals surface area (Å²) in [4.78, 5) is 11.9. The average molecular weight is 374 g/mol. The van der Waals surface area contributed by atoms with E-state index in [2.05, 4.69) is 10.5 Å². The molecule has 0 spiro atoms. The third-order valence-electron chi connectivity index (χ3n) is 3.49. The zero-order valence-electron chi connectivity index (χ0n) is 15.0. The number of nitrogens with zero attached hydrogens (tertiary/aromatic N) is 1. The number of amides is 1. The van der Waals surface area contributed by atoms with E-state index in [4.69, 9.17) is 14.2 Å². The first kappa shape index (κ1) is 19.7. The molecule has 0 radical (unpaired) electrons. The van der Waals surface area contributed by atoms with E-state index in [0.717, 1.165) is 22.6 Å². The van der Waals surface area contributed by atoms with Gasteiger partial charge in [-0.2, -0.15) is 5.10 Å². The van der Waals surface area contributed by atoms with Crippen LogP contribution in [0.2, 0.25) is 0 Å². The van der Waals surface area contributed by atoms with Crippen molar-refractivity contribution < 1.29 is 19.0 Å². The van der Waals surface area contributed by atoms with Crippen LogP contribution in [0.5, 0.6) is 17.2 Å². The molecule has 1 N–H and O–H groups in total. The first-order valence-corrected chi connectivity index (χ1v) is 9.07. The molecule has 0 aliphatic rings. The van der Waals surface area contributed by atoms with Crippen molar-refractivity contribution in [2.24, 2.45) is 5.10 Å². The predicted molar refractivity (Wildman–Crippen MR) is 104 cm³/mol. The standard InChI is InChI=1S/C19H22N2O4S/c1-23-16-9-7-14(8-10-16)12-26-13-18(22)21-20-11-15-5-4-6-17(24-2)19(15)25-3/h4-11H,12-13H2,1-3H3,(H,21,22)/b20-11-. The van der Waals surface area contributed by atoms with Gasteiger partial charge in [-0.1, -0.05) is 18.2 Å². The van der Waals surface area contributed by atoms with Crippen LogP contribution in [0.1, 0.15) is 11.1 Å². The Morgan fingerprint density at radius 1 is 1.08 bits per heavy atom. The van der Waals surface area contributed by atoms with E-state index in [0.29, 0.717) is 17.3 Å². The minimum absolute atomic E-state index is 0.165. The van der Waals surface area contributed by atoms with Crippen LogP contribution >= 0.6 is 11.8 Å². The van der Waals surface area contributed by atoms with Gasteiger partial charge in [-0.3, -0.25) is 4.79 Å². The lowest BCUT2D eigenvalue weighted by Crippen LogP contribution is -2.19. The Bertz CT molecular complexity index is 748. The molecule has 2 aromatic rings. The van der Waals surface area contributed by atoms with Gasteiger partial charge in [0.05, 0.1) is 33.3 Å². The Morgan fingerprint density at radius 2 is 1.85 bits per heavy atom. The third-order valence-corrected chi connectivity index (χ3v) is 4.49. The van der Waals surface area contributed by atoms with Crippen molar-refractivity contribution in [2.45, 2.75) is 5.75 Å². The summed E-state index contributed by atoms with van der Waals surface area (Å²) in [5, 5.41) is 3.98. The van der Waals surface area contributed by atoms with Crippen LogP contribution in [-0.4, -0.2) is 39.2 Å². The van der Waals surface area contributed by atoms with Gasteiger partial charge in [-0.15, -0.1) is 11.8 Å². The molecule has 0 heterocycles. The van der Waals surface area contributed by atoms with Crippen molar-refractivity contribution in [3.8, 4) is 17.2 Å². The van der Waals surface area contributed by atoms with Crippen molar-refractivity contribution in [3.05, 3.63) is 53.6 Å². The summed E-state index contributed by atoms with van der Waals surface area (Å²) >= 11 is 1.52. The largest absolute Gasteiger partial charge is 0.497 e. The summed E-state index contributed by atoms with van der Waals surface area (Å²) in [7, 11) is 4.76. The Kier molecular flexibility index (Phi) is 7.82. The molecule has 1 amide bonds. The van der Waals surface area contributed by atoms with Crippen LogP contribution in [0.15, 0.2) is 47.6 Å². The fourth-order valence-electron chi connectivity index (χ4n) is 2.20. The van der Waals surface area contributed by atoms with Crippen molar-refractivity contribution >= 4 is 23.9 Å². The van der Waals surface area contributed by atoms with Crippen LogP contribution in [0.4, 0.5) is 0 Å². The van der Waals surface area contributed by atoms with Crippen LogP contribution in [0.3, 0.4) is 0 Å². The summed E-state index contributed by atoms with van der Waals surface area (Å²) in [5.41, 5.74) is 4.37. The van der Waals surface area contributed by atoms with Gasteiger partial charge in [-0.25, -0.2) is 5.43 Å². The van der Waals surface area contributed by atoms with Gasteiger partial charge in [-0.05, 0) is 29.8 Å². The molecule has 2 aromatic carbocycles. The molecule has 6 nitrogen and oxygen atoms in total. The van der Waals surface area contributed by atoms with E-state index in [9.17, 15) is 4.79 Å². The molecule has 2 rings (SSSR count). The molecule has 0 atom stereocenters. The SMILES string of the molecule is COc1ccc(CSCC(=O)N/N=C\c2cccc(OC)c2OC)cc1. The van der Waals surface area contributed by atoms with Crippen LogP contribution in [-0.2, 0) is 10.5 Å². The molecule has 26 heavy (non-hydrogen) atoms. The second-order valence-corrected chi connectivity index (χ2v) is 6.20. The van der Waals surface area contributed by atoms with Crippen molar-refractivity contribution in [2.75, 3.05) is 27.1 Å². The number of carbonyl (C=O) groups excluding carboxylic acids is 1. The quantitative estimate of drug-likeness (QED) is 0.540. The zero-order chi connectivity index (χ0) is 18.8. The minimum atomic E-state index is -0.165. The van der Waals surface area contributed by atoms with Gasteiger partial charge in [0.15, 0.2) is 11.5 Å². The minimum Gasteiger partial charge on any atom is -0.497 e. The second-order valence-electron chi connectivity index (χ2n) is 5.22. The maximum atomic E-state index is 11.9. The highest BCUT2D eigenvalue weighted by atomic mass is 32.2. The number of hydrogen-bond acceptors (Lipinski definition) is 6. The monoisotopic (exact) mass is 374 g/mol. The van der Waals surface area contributed by atoms with Crippen molar-refractivity contribution in [1.82, 2.24) is 5.43 Å². The number of methoxy groups -OCH3 is 3. The van der Waals surface area contributed by atoms with E-state index in [1.807, 2.05) is 36.4 Å². The number of ether oxygens (including phenoxy) is 3. The predicted octanol–water partition coefficient (Wildman–Crippen LogP) is 3.10. The van der Waals surface area contributed by atoms with E-state index >= 15 is 0 Å². The maximum Gasteiger partial charge on any atom is 0.250 e. The Hall–Kier alpha value is -2.67. The topological polar surface area (TPSA) is 69.2 Å². The van der Waals surface area contributed by atoms with Crippen LogP contribution < -0.4 is 19.6 Å². The molecule has 7 heteroatoms. The van der Waals surface area contributed by atoms with Crippen molar-refractivity contribution in [3.63, 3.8) is 0 Å². The summed E-state index contributed by atoms with van der Waals surface area (Å²) < 4.78 is 15.7. The number of hydrogen-bond donors (Lipinski definition) is 1. The third kappa shape index (κ3) is 5.70. The van der Waals surface area contributed by atoms with Gasteiger partial charge < -0.3 is 14.2 Å². The second kappa shape index (κ2) is 10.4. The first-order chi connectivity index (χ1) is 12.7. The highest BCUT2D eigenvalue weighted by Crippen LogP contribution is 2.29. The highest BCUT2D eigenvalue weighted by Gasteiger charge is 2.07. The Labute approximate surface area is 157 Å². The molecule has 0 fully saturated rings. The lowest BCUT2D eigenvalue weighted by molar-refractivity contribution is -0.118. The van der Waals surface area contributed by atoms with E-state index < -0.39 is 0 Å². The summed E-state index contributed by atoms with van der Waals surface area (Å²) in [6.07, 6.45) is 1.54. The Morgan fingerprint density at radius 3 is 2.50 bits per heavy atom. The van der Waals surface area contributed by atoms with Gasteiger partial charge in [0.2, 0.25) is 5.91 Å². The molecule has 0 saturated heterocycles. The van der Waals surface area contributed by atoms with Crippen molar-refractivity contribution in [1.29, 1.82) is 0 Å². The molecule has 0 aliphatic carbocycles. The van der Waals surface area contributed by atoms with Gasteiger partial charge in [0.25, 0.3) is 0 Å². The lowest BCUT2D eigenvalue weighted by atomic mass is 10.2.